The third kappa shape index (κ3) is 2.57. The molecule has 3 aromatic rings. The van der Waals surface area contributed by atoms with Gasteiger partial charge in [0.2, 0.25) is 0 Å². The lowest BCUT2D eigenvalue weighted by molar-refractivity contribution is 0.590. The number of rotatable bonds is 1. The van der Waals surface area contributed by atoms with Crippen molar-refractivity contribution < 1.29 is 8.78 Å². The van der Waals surface area contributed by atoms with Crippen molar-refractivity contribution in [3.8, 4) is 11.4 Å². The monoisotopic (exact) mass is 324 g/mol. The summed E-state index contributed by atoms with van der Waals surface area (Å²) >= 11 is 12.1. The predicted molar refractivity (Wildman–Crippen MR) is 79.6 cm³/mol. The molecule has 0 spiro atoms. The van der Waals surface area contributed by atoms with Crippen molar-refractivity contribution in [3.63, 3.8) is 0 Å². The smallest absolute Gasteiger partial charge is 0.161 e. The van der Waals surface area contributed by atoms with Crippen LogP contribution in [0.3, 0.4) is 0 Å². The minimum Gasteiger partial charge on any atom is -0.225 e. The van der Waals surface area contributed by atoms with Gasteiger partial charge >= 0.3 is 0 Å². The van der Waals surface area contributed by atoms with Gasteiger partial charge in [-0.25, -0.2) is 18.7 Å². The maximum Gasteiger partial charge on any atom is 0.161 e. The molecule has 0 fully saturated rings. The molecule has 106 valence electrons. The van der Waals surface area contributed by atoms with Gasteiger partial charge in [0.25, 0.3) is 0 Å². The van der Waals surface area contributed by atoms with Crippen LogP contribution < -0.4 is 0 Å². The molecule has 21 heavy (non-hydrogen) atoms. The number of nitrogens with zero attached hydrogens (tertiary/aromatic N) is 2. The highest BCUT2D eigenvalue weighted by molar-refractivity contribution is 6.34. The van der Waals surface area contributed by atoms with Crippen LogP contribution in [0.2, 0.25) is 10.2 Å². The Kier molecular flexibility index (Phi) is 3.51. The average molecular weight is 325 g/mol. The van der Waals surface area contributed by atoms with Gasteiger partial charge in [0.1, 0.15) is 16.5 Å². The first-order valence-electron chi connectivity index (χ1n) is 6.04. The quantitative estimate of drug-likeness (QED) is 0.575. The average Bonchev–Trinajstić information content (AvgIpc) is 2.43. The molecule has 0 amide bonds. The van der Waals surface area contributed by atoms with E-state index in [9.17, 15) is 8.78 Å². The van der Waals surface area contributed by atoms with Gasteiger partial charge in [0, 0.05) is 22.0 Å². The van der Waals surface area contributed by atoms with E-state index in [2.05, 4.69) is 9.97 Å². The fourth-order valence-corrected chi connectivity index (χ4v) is 2.39. The van der Waals surface area contributed by atoms with Crippen LogP contribution in [0.1, 0.15) is 5.56 Å². The Morgan fingerprint density at radius 1 is 1.00 bits per heavy atom. The third-order valence-electron chi connectivity index (χ3n) is 3.10. The van der Waals surface area contributed by atoms with E-state index in [1.54, 1.807) is 18.2 Å². The van der Waals surface area contributed by atoms with Crippen molar-refractivity contribution >= 4 is 34.1 Å². The molecular weight excluding hydrogens is 317 g/mol. The summed E-state index contributed by atoms with van der Waals surface area (Å²) in [7, 11) is 0. The van der Waals surface area contributed by atoms with E-state index in [-0.39, 0.29) is 21.9 Å². The van der Waals surface area contributed by atoms with Crippen LogP contribution >= 0.6 is 23.2 Å². The number of aryl methyl sites for hydroxylation is 1. The number of benzene rings is 2. The van der Waals surface area contributed by atoms with Crippen LogP contribution in [0.5, 0.6) is 0 Å². The van der Waals surface area contributed by atoms with Crippen LogP contribution in [0.15, 0.2) is 30.3 Å². The summed E-state index contributed by atoms with van der Waals surface area (Å²) in [6.45, 7) is 1.86. The molecule has 6 heteroatoms. The molecule has 0 N–H and O–H groups in total. The van der Waals surface area contributed by atoms with Gasteiger partial charge < -0.3 is 0 Å². The fourth-order valence-electron chi connectivity index (χ4n) is 1.98. The highest BCUT2D eigenvalue weighted by Gasteiger charge is 2.13. The molecule has 2 nitrogen and oxygen atoms in total. The number of aromatic nitrogens is 2. The van der Waals surface area contributed by atoms with Crippen molar-refractivity contribution in [1.29, 1.82) is 0 Å². The lowest BCUT2D eigenvalue weighted by atomic mass is 10.1. The van der Waals surface area contributed by atoms with E-state index in [1.807, 2.05) is 6.92 Å². The van der Waals surface area contributed by atoms with Gasteiger partial charge in [-0.2, -0.15) is 0 Å². The van der Waals surface area contributed by atoms with Crippen LogP contribution in [0, 0.1) is 18.6 Å². The first-order chi connectivity index (χ1) is 9.95. The van der Waals surface area contributed by atoms with Gasteiger partial charge in [-0.1, -0.05) is 35.3 Å². The normalized spacial score (nSPS) is 11.1. The van der Waals surface area contributed by atoms with E-state index in [0.29, 0.717) is 10.6 Å². The molecular formula is C15H8Cl2F2N2. The second-order valence-corrected chi connectivity index (χ2v) is 5.35. The van der Waals surface area contributed by atoms with Crippen LogP contribution in [-0.4, -0.2) is 9.97 Å². The molecule has 2 aromatic carbocycles. The Bertz CT molecular complexity index is 866. The molecule has 0 saturated heterocycles. The van der Waals surface area contributed by atoms with Crippen LogP contribution in [-0.2, 0) is 0 Å². The number of fused-ring (bicyclic) bond motifs is 1. The zero-order chi connectivity index (χ0) is 15.1. The predicted octanol–water partition coefficient (Wildman–Crippen LogP) is 5.19. The summed E-state index contributed by atoms with van der Waals surface area (Å²) in [5, 5.41) is 0.674. The maximum atomic E-state index is 13.9. The van der Waals surface area contributed by atoms with Crippen molar-refractivity contribution in [1.82, 2.24) is 9.97 Å². The molecule has 0 atom stereocenters. The summed E-state index contributed by atoms with van der Waals surface area (Å²) < 4.78 is 27.1. The van der Waals surface area contributed by atoms with E-state index in [1.165, 1.54) is 0 Å². The topological polar surface area (TPSA) is 25.8 Å². The Labute approximate surface area is 129 Å². The van der Waals surface area contributed by atoms with Crippen molar-refractivity contribution in [2.24, 2.45) is 0 Å². The van der Waals surface area contributed by atoms with Crippen LogP contribution in [0.4, 0.5) is 8.78 Å². The number of halogens is 4. The highest BCUT2D eigenvalue weighted by Crippen LogP contribution is 2.29. The molecule has 0 aliphatic heterocycles. The first kappa shape index (κ1) is 14.2. The van der Waals surface area contributed by atoms with Crippen LogP contribution in [0.25, 0.3) is 22.3 Å². The minimum absolute atomic E-state index is 0.00917. The lowest BCUT2D eigenvalue weighted by Gasteiger charge is -2.07. The van der Waals surface area contributed by atoms with Crippen molar-refractivity contribution in [3.05, 3.63) is 57.7 Å². The minimum atomic E-state index is -0.784. The van der Waals surface area contributed by atoms with E-state index >= 15 is 0 Å². The second kappa shape index (κ2) is 5.20. The van der Waals surface area contributed by atoms with E-state index in [0.717, 1.165) is 17.7 Å². The largest absolute Gasteiger partial charge is 0.225 e. The Balaban J connectivity index is 2.27. The Morgan fingerprint density at radius 3 is 2.48 bits per heavy atom. The van der Waals surface area contributed by atoms with E-state index < -0.39 is 11.6 Å². The Hall–Kier alpha value is -1.78. The van der Waals surface area contributed by atoms with Gasteiger partial charge in [-0.05, 0) is 24.6 Å². The fraction of sp³-hybridized carbons (Fsp3) is 0.0667. The van der Waals surface area contributed by atoms with Gasteiger partial charge in [0.15, 0.2) is 11.6 Å². The highest BCUT2D eigenvalue weighted by atomic mass is 35.5. The molecule has 0 unspecified atom stereocenters. The Morgan fingerprint density at radius 2 is 1.76 bits per heavy atom. The summed E-state index contributed by atoms with van der Waals surface area (Å²) in [5.41, 5.74) is 1.49. The lowest BCUT2D eigenvalue weighted by Crippen LogP contribution is -1.95. The molecule has 0 bridgehead atoms. The second-order valence-electron chi connectivity index (χ2n) is 4.59. The molecule has 3 rings (SSSR count). The SMILES string of the molecule is Cc1ccc(-c2nc(Cl)c3cc(F)cc(F)c3n2)cc1Cl. The zero-order valence-corrected chi connectivity index (χ0v) is 12.3. The zero-order valence-electron chi connectivity index (χ0n) is 10.8. The molecule has 1 heterocycles. The van der Waals surface area contributed by atoms with Gasteiger partial charge in [-0.3, -0.25) is 0 Å². The standard InChI is InChI=1S/C15H8Cl2F2N2/c1-7-2-3-8(4-11(7)16)15-20-13-10(14(17)21-15)5-9(18)6-12(13)19/h2-6H,1H3. The molecule has 0 aliphatic rings. The first-order valence-corrected chi connectivity index (χ1v) is 6.80. The molecule has 0 radical (unpaired) electrons. The molecule has 0 saturated carbocycles. The number of hydrogen-bond acceptors (Lipinski definition) is 2. The maximum absolute atomic E-state index is 13.9. The van der Waals surface area contributed by atoms with Crippen molar-refractivity contribution in [2.45, 2.75) is 6.92 Å². The van der Waals surface area contributed by atoms with Gasteiger partial charge in [0.05, 0.1) is 0 Å². The third-order valence-corrected chi connectivity index (χ3v) is 3.80. The summed E-state index contributed by atoms with van der Waals surface area (Å²) in [6.07, 6.45) is 0. The summed E-state index contributed by atoms with van der Waals surface area (Å²) in [6, 6.07) is 7.11. The number of hydrogen-bond donors (Lipinski definition) is 0. The van der Waals surface area contributed by atoms with Crippen molar-refractivity contribution in [2.75, 3.05) is 0 Å². The molecule has 0 aliphatic carbocycles. The molecule has 1 aromatic heterocycles. The van der Waals surface area contributed by atoms with Gasteiger partial charge in [-0.15, -0.1) is 0 Å². The van der Waals surface area contributed by atoms with E-state index in [4.69, 9.17) is 23.2 Å². The summed E-state index contributed by atoms with van der Waals surface area (Å²) in [5.74, 6) is -1.27. The summed E-state index contributed by atoms with van der Waals surface area (Å²) in [4.78, 5) is 8.21.